The highest BCUT2D eigenvalue weighted by molar-refractivity contribution is 7.21. The van der Waals surface area contributed by atoms with Crippen LogP contribution in [0.2, 0.25) is 0 Å². The second-order valence-corrected chi connectivity index (χ2v) is 9.30. The Morgan fingerprint density at radius 1 is 0.970 bits per heavy atom. The Hall–Kier alpha value is -3.45. The largest absolute Gasteiger partial charge is 0.368 e. The third kappa shape index (κ3) is 4.68. The van der Waals surface area contributed by atoms with Crippen LogP contribution in [0.1, 0.15) is 6.42 Å². The average molecular weight is 458 g/mol. The van der Waals surface area contributed by atoms with Gasteiger partial charge < -0.3 is 14.7 Å². The molecule has 0 bridgehead atoms. The van der Waals surface area contributed by atoms with Crippen molar-refractivity contribution in [3.8, 4) is 10.4 Å². The predicted octanol–water partition coefficient (Wildman–Crippen LogP) is 4.53. The molecule has 2 aromatic carbocycles. The minimum absolute atomic E-state index is 0.204. The summed E-state index contributed by atoms with van der Waals surface area (Å²) in [6.45, 7) is 3.89. The maximum absolute atomic E-state index is 12.9. The quantitative estimate of drug-likeness (QED) is 0.426. The predicted molar refractivity (Wildman–Crippen MR) is 136 cm³/mol. The molecule has 0 radical (unpaired) electrons. The van der Waals surface area contributed by atoms with Crippen molar-refractivity contribution in [3.63, 3.8) is 0 Å². The number of carbonyl (C=O) groups is 1. The zero-order chi connectivity index (χ0) is 22.6. The highest BCUT2D eigenvalue weighted by Crippen LogP contribution is 2.35. The first-order valence-electron chi connectivity index (χ1n) is 11.3. The van der Waals surface area contributed by atoms with Crippen molar-refractivity contribution in [2.45, 2.75) is 6.42 Å². The molecule has 0 unspecified atom stereocenters. The van der Waals surface area contributed by atoms with Gasteiger partial charge in [-0.15, -0.1) is 11.3 Å². The third-order valence-corrected chi connectivity index (χ3v) is 7.24. The van der Waals surface area contributed by atoms with Gasteiger partial charge in [0.2, 0.25) is 5.91 Å². The number of carbonyl (C=O) groups excluding carboxylic acids is 1. The van der Waals surface area contributed by atoms with Gasteiger partial charge in [-0.2, -0.15) is 0 Å². The van der Waals surface area contributed by atoms with E-state index in [1.165, 1.54) is 16.1 Å². The Kier molecular flexibility index (Phi) is 6.21. The average Bonchev–Trinajstić information content (AvgIpc) is 3.33. The van der Waals surface area contributed by atoms with Gasteiger partial charge in [-0.1, -0.05) is 48.5 Å². The first kappa shape index (κ1) is 21.4. The molecule has 0 N–H and O–H groups in total. The number of thiophene rings is 1. The molecule has 33 heavy (non-hydrogen) atoms. The van der Waals surface area contributed by atoms with Crippen molar-refractivity contribution in [1.82, 2.24) is 14.9 Å². The van der Waals surface area contributed by atoms with Gasteiger partial charge in [0, 0.05) is 56.8 Å². The Balaban J connectivity index is 1.21. The molecule has 1 fully saturated rings. The standard InChI is InChI=1S/C26H27N5OS/c1-29(13-12-24(32)31-16-14-30(15-17-31)21-10-6-3-7-11-21)25-22-18-23(20-8-4-2-5-9-20)33-26(22)28-19-27-25/h2-11,18-19H,12-17H2,1H3. The lowest BCUT2D eigenvalue weighted by Gasteiger charge is -2.36. The van der Waals surface area contributed by atoms with Crippen LogP contribution in [0.4, 0.5) is 11.5 Å². The summed E-state index contributed by atoms with van der Waals surface area (Å²) in [5.41, 5.74) is 2.40. The molecule has 4 aromatic rings. The Morgan fingerprint density at radius 2 is 1.67 bits per heavy atom. The second-order valence-electron chi connectivity index (χ2n) is 8.27. The fourth-order valence-electron chi connectivity index (χ4n) is 4.27. The number of fused-ring (bicyclic) bond motifs is 1. The van der Waals surface area contributed by atoms with E-state index in [2.05, 4.69) is 62.2 Å². The van der Waals surface area contributed by atoms with E-state index in [0.717, 1.165) is 42.2 Å². The van der Waals surface area contributed by atoms with Gasteiger partial charge in [0.25, 0.3) is 0 Å². The molecule has 1 aliphatic heterocycles. The SMILES string of the molecule is CN(CCC(=O)N1CCN(c2ccccc2)CC1)c1ncnc2sc(-c3ccccc3)cc12. The molecule has 2 aromatic heterocycles. The number of rotatable bonds is 6. The molecular weight excluding hydrogens is 430 g/mol. The maximum atomic E-state index is 12.9. The summed E-state index contributed by atoms with van der Waals surface area (Å²) in [6, 6.07) is 22.9. The van der Waals surface area contributed by atoms with Crippen LogP contribution in [0.3, 0.4) is 0 Å². The van der Waals surface area contributed by atoms with Crippen LogP contribution in [-0.2, 0) is 4.79 Å². The Bertz CT molecular complexity index is 1220. The molecular formula is C26H27N5OS. The topological polar surface area (TPSA) is 52.6 Å². The summed E-state index contributed by atoms with van der Waals surface area (Å²) < 4.78 is 0. The van der Waals surface area contributed by atoms with E-state index < -0.39 is 0 Å². The van der Waals surface area contributed by atoms with Crippen LogP contribution in [0.5, 0.6) is 0 Å². The van der Waals surface area contributed by atoms with E-state index in [0.29, 0.717) is 13.0 Å². The van der Waals surface area contributed by atoms with Crippen molar-refractivity contribution in [3.05, 3.63) is 73.1 Å². The van der Waals surface area contributed by atoms with Gasteiger partial charge in [-0.3, -0.25) is 4.79 Å². The number of hydrogen-bond donors (Lipinski definition) is 0. The molecule has 0 saturated carbocycles. The normalized spacial score (nSPS) is 14.0. The summed E-state index contributed by atoms with van der Waals surface area (Å²) in [7, 11) is 2.00. The maximum Gasteiger partial charge on any atom is 0.224 e. The van der Waals surface area contributed by atoms with Gasteiger partial charge >= 0.3 is 0 Å². The number of nitrogens with zero attached hydrogens (tertiary/aromatic N) is 5. The van der Waals surface area contributed by atoms with Crippen LogP contribution in [0.15, 0.2) is 73.1 Å². The van der Waals surface area contributed by atoms with E-state index in [1.807, 2.05) is 36.2 Å². The lowest BCUT2D eigenvalue weighted by Crippen LogP contribution is -2.49. The number of aromatic nitrogens is 2. The third-order valence-electron chi connectivity index (χ3n) is 6.14. The van der Waals surface area contributed by atoms with E-state index >= 15 is 0 Å². The zero-order valence-electron chi connectivity index (χ0n) is 18.7. The molecule has 6 nitrogen and oxygen atoms in total. The molecule has 7 heteroatoms. The van der Waals surface area contributed by atoms with Crippen LogP contribution in [0.25, 0.3) is 20.7 Å². The van der Waals surface area contributed by atoms with E-state index in [-0.39, 0.29) is 5.91 Å². The summed E-state index contributed by atoms with van der Waals surface area (Å²) >= 11 is 1.67. The fraction of sp³-hybridized carbons (Fsp3) is 0.269. The number of benzene rings is 2. The first-order valence-corrected chi connectivity index (χ1v) is 12.1. The molecule has 168 valence electrons. The van der Waals surface area contributed by atoms with E-state index in [1.54, 1.807) is 17.7 Å². The number of piperazine rings is 1. The van der Waals surface area contributed by atoms with Crippen LogP contribution >= 0.6 is 11.3 Å². The van der Waals surface area contributed by atoms with E-state index in [4.69, 9.17) is 0 Å². The summed E-state index contributed by atoms with van der Waals surface area (Å²) in [5.74, 6) is 1.08. The lowest BCUT2D eigenvalue weighted by molar-refractivity contribution is -0.131. The molecule has 0 spiro atoms. The minimum atomic E-state index is 0.204. The zero-order valence-corrected chi connectivity index (χ0v) is 19.5. The molecule has 0 aliphatic carbocycles. The second kappa shape index (κ2) is 9.58. The highest BCUT2D eigenvalue weighted by Gasteiger charge is 2.22. The van der Waals surface area contributed by atoms with E-state index in [9.17, 15) is 4.79 Å². The van der Waals surface area contributed by atoms with Crippen molar-refractivity contribution in [2.24, 2.45) is 0 Å². The molecule has 1 saturated heterocycles. The number of amides is 1. The molecule has 1 amide bonds. The molecule has 1 aliphatic rings. The monoisotopic (exact) mass is 457 g/mol. The van der Waals surface area contributed by atoms with Gasteiger partial charge in [0.15, 0.2) is 0 Å². The van der Waals surface area contributed by atoms with Gasteiger partial charge in [-0.05, 0) is 23.8 Å². The first-order chi connectivity index (χ1) is 16.2. The minimum Gasteiger partial charge on any atom is -0.368 e. The van der Waals surface area contributed by atoms with Gasteiger partial charge in [-0.25, -0.2) is 9.97 Å². The summed E-state index contributed by atoms with van der Waals surface area (Å²) in [5, 5.41) is 1.03. The number of para-hydroxylation sites is 1. The van der Waals surface area contributed by atoms with Crippen molar-refractivity contribution >= 4 is 39.0 Å². The smallest absolute Gasteiger partial charge is 0.224 e. The van der Waals surface area contributed by atoms with Gasteiger partial charge in [0.05, 0.1) is 5.39 Å². The van der Waals surface area contributed by atoms with Crippen molar-refractivity contribution in [2.75, 3.05) is 49.6 Å². The fourth-order valence-corrected chi connectivity index (χ4v) is 5.27. The molecule has 5 rings (SSSR count). The Morgan fingerprint density at radius 3 is 2.39 bits per heavy atom. The number of hydrogen-bond acceptors (Lipinski definition) is 6. The van der Waals surface area contributed by atoms with Crippen LogP contribution in [-0.4, -0.2) is 60.5 Å². The van der Waals surface area contributed by atoms with Crippen LogP contribution in [0, 0.1) is 0 Å². The lowest BCUT2D eigenvalue weighted by atomic mass is 10.2. The summed E-state index contributed by atoms with van der Waals surface area (Å²) in [6.07, 6.45) is 2.09. The highest BCUT2D eigenvalue weighted by atomic mass is 32.1. The van der Waals surface area contributed by atoms with Crippen molar-refractivity contribution in [1.29, 1.82) is 0 Å². The van der Waals surface area contributed by atoms with Crippen molar-refractivity contribution < 1.29 is 4.79 Å². The Labute approximate surface area is 198 Å². The summed E-state index contributed by atoms with van der Waals surface area (Å²) in [4.78, 5) is 30.4. The molecule has 0 atom stereocenters. The number of anilines is 2. The van der Waals surface area contributed by atoms with Crippen LogP contribution < -0.4 is 9.80 Å². The van der Waals surface area contributed by atoms with Gasteiger partial charge in [0.1, 0.15) is 17.0 Å². The molecule has 3 heterocycles.